The fourth-order valence-electron chi connectivity index (χ4n) is 3.60. The highest BCUT2D eigenvalue weighted by atomic mass is 32.2. The molecular formula is C23H21N3O3S2. The van der Waals surface area contributed by atoms with Crippen LogP contribution in [0.1, 0.15) is 44.8 Å². The number of carbonyl (C=O) groups excluding carboxylic acids is 1. The number of amides is 1. The summed E-state index contributed by atoms with van der Waals surface area (Å²) in [7, 11) is -3.77. The smallest absolute Gasteiger partial charge is 0.261 e. The first-order valence-corrected chi connectivity index (χ1v) is 12.2. The number of anilines is 2. The molecule has 2 aromatic carbocycles. The SMILES string of the molecule is Cc1ccc(S(=O)(=O)Nc2cccc(C(=O)Nc3sc4c(c3C#N)CCCC4)c2)cc1. The molecule has 2 N–H and O–H groups in total. The molecule has 0 bridgehead atoms. The van der Waals surface area contributed by atoms with Crippen LogP contribution in [-0.2, 0) is 22.9 Å². The number of hydrogen-bond donors (Lipinski definition) is 2. The van der Waals surface area contributed by atoms with E-state index < -0.39 is 10.0 Å². The van der Waals surface area contributed by atoms with Crippen LogP contribution in [0.4, 0.5) is 10.7 Å². The Hall–Kier alpha value is -3.15. The van der Waals surface area contributed by atoms with E-state index in [1.165, 1.54) is 29.5 Å². The lowest BCUT2D eigenvalue weighted by atomic mass is 9.96. The molecule has 1 aromatic heterocycles. The van der Waals surface area contributed by atoms with Gasteiger partial charge in [-0.3, -0.25) is 9.52 Å². The summed E-state index contributed by atoms with van der Waals surface area (Å²) in [6.07, 6.45) is 3.94. The molecule has 1 aliphatic rings. The van der Waals surface area contributed by atoms with Gasteiger partial charge in [0.2, 0.25) is 0 Å². The van der Waals surface area contributed by atoms with E-state index in [-0.39, 0.29) is 10.8 Å². The van der Waals surface area contributed by atoms with E-state index in [0.29, 0.717) is 21.8 Å². The van der Waals surface area contributed by atoms with Crippen molar-refractivity contribution < 1.29 is 13.2 Å². The Morgan fingerprint density at radius 2 is 1.84 bits per heavy atom. The minimum Gasteiger partial charge on any atom is -0.312 e. The predicted octanol–water partition coefficient (Wildman–Crippen LogP) is 4.86. The standard InChI is InChI=1S/C23H21N3O3S2/c1-15-9-11-18(12-10-15)31(28,29)26-17-6-4-5-16(13-17)22(27)25-23-20(14-24)19-7-2-3-8-21(19)30-23/h4-6,9-13,26H,2-3,7-8H2,1H3,(H,25,27). The van der Waals surface area contributed by atoms with Gasteiger partial charge in [0.25, 0.3) is 15.9 Å². The van der Waals surface area contributed by atoms with Crippen molar-refractivity contribution >= 4 is 38.0 Å². The summed E-state index contributed by atoms with van der Waals surface area (Å²) < 4.78 is 27.8. The summed E-state index contributed by atoms with van der Waals surface area (Å²) in [6.45, 7) is 1.88. The van der Waals surface area contributed by atoms with Crippen LogP contribution < -0.4 is 10.0 Å². The van der Waals surface area contributed by atoms with Crippen LogP contribution >= 0.6 is 11.3 Å². The maximum Gasteiger partial charge on any atom is 0.261 e. The van der Waals surface area contributed by atoms with E-state index >= 15 is 0 Å². The summed E-state index contributed by atoms with van der Waals surface area (Å²) in [5.74, 6) is -0.383. The molecule has 0 aliphatic heterocycles. The molecule has 1 aliphatic carbocycles. The van der Waals surface area contributed by atoms with Gasteiger partial charge in [-0.2, -0.15) is 5.26 Å². The van der Waals surface area contributed by atoms with E-state index in [4.69, 9.17) is 0 Å². The van der Waals surface area contributed by atoms with Crippen molar-refractivity contribution in [3.63, 3.8) is 0 Å². The predicted molar refractivity (Wildman–Crippen MR) is 122 cm³/mol. The zero-order chi connectivity index (χ0) is 22.0. The Balaban J connectivity index is 1.55. The number of sulfonamides is 1. The zero-order valence-electron chi connectivity index (χ0n) is 16.9. The second kappa shape index (κ2) is 8.53. The normalized spacial score (nSPS) is 13.2. The molecule has 1 heterocycles. The van der Waals surface area contributed by atoms with Crippen molar-refractivity contribution in [2.24, 2.45) is 0 Å². The average Bonchev–Trinajstić information content (AvgIpc) is 3.10. The number of carbonyl (C=O) groups is 1. The van der Waals surface area contributed by atoms with Crippen molar-refractivity contribution in [1.29, 1.82) is 5.26 Å². The van der Waals surface area contributed by atoms with Gasteiger partial charge in [-0.1, -0.05) is 23.8 Å². The van der Waals surface area contributed by atoms with Gasteiger partial charge in [-0.25, -0.2) is 8.42 Å². The van der Waals surface area contributed by atoms with Crippen molar-refractivity contribution in [3.05, 3.63) is 75.7 Å². The Labute approximate surface area is 185 Å². The van der Waals surface area contributed by atoms with Crippen LogP contribution in [0.15, 0.2) is 53.4 Å². The first-order valence-electron chi connectivity index (χ1n) is 9.93. The Morgan fingerprint density at radius 1 is 1.10 bits per heavy atom. The molecule has 6 nitrogen and oxygen atoms in total. The van der Waals surface area contributed by atoms with Crippen molar-refractivity contribution in [2.75, 3.05) is 10.0 Å². The van der Waals surface area contributed by atoms with E-state index in [2.05, 4.69) is 16.1 Å². The van der Waals surface area contributed by atoms with Crippen molar-refractivity contribution in [3.8, 4) is 6.07 Å². The maximum absolute atomic E-state index is 12.8. The highest BCUT2D eigenvalue weighted by molar-refractivity contribution is 7.92. The first-order chi connectivity index (χ1) is 14.9. The Bertz CT molecular complexity index is 1290. The lowest BCUT2D eigenvalue weighted by Gasteiger charge is -2.10. The molecule has 0 saturated heterocycles. The molecule has 0 saturated carbocycles. The summed E-state index contributed by atoms with van der Waals surface area (Å²) in [4.78, 5) is 14.1. The zero-order valence-corrected chi connectivity index (χ0v) is 18.6. The van der Waals surface area contributed by atoms with Crippen molar-refractivity contribution in [2.45, 2.75) is 37.5 Å². The van der Waals surface area contributed by atoms with Crippen LogP contribution in [0.25, 0.3) is 0 Å². The topological polar surface area (TPSA) is 99.1 Å². The van der Waals surface area contributed by atoms with Gasteiger partial charge in [-0.15, -0.1) is 11.3 Å². The van der Waals surface area contributed by atoms with E-state index in [1.54, 1.807) is 30.3 Å². The molecular weight excluding hydrogens is 430 g/mol. The number of nitriles is 1. The third kappa shape index (κ3) is 4.48. The van der Waals surface area contributed by atoms with E-state index in [1.807, 2.05) is 6.92 Å². The number of benzene rings is 2. The van der Waals surface area contributed by atoms with Crippen molar-refractivity contribution in [1.82, 2.24) is 0 Å². The molecule has 3 aromatic rings. The second-order valence-corrected chi connectivity index (χ2v) is 10.3. The third-order valence-electron chi connectivity index (χ3n) is 5.22. The molecule has 1 amide bonds. The van der Waals surface area contributed by atoms with Crippen LogP contribution in [0.5, 0.6) is 0 Å². The molecule has 0 spiro atoms. The van der Waals surface area contributed by atoms with Gasteiger partial charge in [0.15, 0.2) is 0 Å². The molecule has 158 valence electrons. The van der Waals surface area contributed by atoms with E-state index in [9.17, 15) is 18.5 Å². The van der Waals surface area contributed by atoms with Crippen LogP contribution in [0.2, 0.25) is 0 Å². The fourth-order valence-corrected chi connectivity index (χ4v) is 5.89. The lowest BCUT2D eigenvalue weighted by molar-refractivity contribution is 0.102. The number of thiophene rings is 1. The molecule has 4 rings (SSSR count). The minimum atomic E-state index is -3.77. The lowest BCUT2D eigenvalue weighted by Crippen LogP contribution is -2.15. The van der Waals surface area contributed by atoms with Gasteiger partial charge < -0.3 is 5.32 Å². The largest absolute Gasteiger partial charge is 0.312 e. The van der Waals surface area contributed by atoms with Crippen LogP contribution in [-0.4, -0.2) is 14.3 Å². The Kier molecular flexibility index (Phi) is 5.81. The molecule has 0 radical (unpaired) electrons. The summed E-state index contributed by atoms with van der Waals surface area (Å²) in [5.41, 5.74) is 3.15. The van der Waals surface area contributed by atoms with Gasteiger partial charge in [-0.05, 0) is 68.5 Å². The summed E-state index contributed by atoms with van der Waals surface area (Å²) in [5, 5.41) is 13.0. The van der Waals surface area contributed by atoms with E-state index in [0.717, 1.165) is 41.7 Å². The number of fused-ring (bicyclic) bond motifs is 1. The molecule has 0 unspecified atom stereocenters. The third-order valence-corrected chi connectivity index (χ3v) is 7.82. The monoisotopic (exact) mass is 451 g/mol. The average molecular weight is 452 g/mol. The summed E-state index contributed by atoms with van der Waals surface area (Å²) in [6, 6.07) is 15.1. The molecule has 8 heteroatoms. The highest BCUT2D eigenvalue weighted by Gasteiger charge is 2.22. The van der Waals surface area contributed by atoms with Crippen LogP contribution in [0, 0.1) is 18.3 Å². The van der Waals surface area contributed by atoms with Crippen LogP contribution in [0.3, 0.4) is 0 Å². The molecule has 0 atom stereocenters. The first kappa shape index (κ1) is 21.1. The minimum absolute atomic E-state index is 0.149. The maximum atomic E-state index is 12.8. The number of hydrogen-bond acceptors (Lipinski definition) is 5. The number of aryl methyl sites for hydroxylation is 2. The molecule has 0 fully saturated rings. The van der Waals surface area contributed by atoms with Gasteiger partial charge in [0.1, 0.15) is 11.1 Å². The Morgan fingerprint density at radius 3 is 2.58 bits per heavy atom. The van der Waals surface area contributed by atoms with Gasteiger partial charge in [0.05, 0.1) is 10.5 Å². The fraction of sp³-hybridized carbons (Fsp3) is 0.217. The second-order valence-electron chi connectivity index (χ2n) is 7.48. The quantitative estimate of drug-likeness (QED) is 0.579. The highest BCUT2D eigenvalue weighted by Crippen LogP contribution is 2.37. The number of nitrogens with zero attached hydrogens (tertiary/aromatic N) is 1. The molecule has 31 heavy (non-hydrogen) atoms. The summed E-state index contributed by atoms with van der Waals surface area (Å²) >= 11 is 1.46. The van der Waals surface area contributed by atoms with Gasteiger partial charge in [0, 0.05) is 16.1 Å². The number of rotatable bonds is 5. The number of nitrogens with one attached hydrogen (secondary N) is 2. The van der Waals surface area contributed by atoms with Gasteiger partial charge >= 0.3 is 0 Å².